The SMILES string of the molecule is CCC[N+](C)(Cc1ccccc1)Cc1ccccc1. The third-order valence-corrected chi connectivity index (χ3v) is 3.58. The quantitative estimate of drug-likeness (QED) is 0.676. The van der Waals surface area contributed by atoms with Gasteiger partial charge in [-0.15, -0.1) is 0 Å². The molecule has 0 heterocycles. The monoisotopic (exact) mass is 254 g/mol. The van der Waals surface area contributed by atoms with Gasteiger partial charge >= 0.3 is 0 Å². The Balaban J connectivity index is 2.13. The molecule has 0 spiro atoms. The summed E-state index contributed by atoms with van der Waals surface area (Å²) in [6.45, 7) is 5.68. The van der Waals surface area contributed by atoms with Crippen molar-refractivity contribution in [1.29, 1.82) is 0 Å². The van der Waals surface area contributed by atoms with Crippen molar-refractivity contribution < 1.29 is 4.48 Å². The molecule has 0 N–H and O–H groups in total. The topological polar surface area (TPSA) is 0 Å². The highest BCUT2D eigenvalue weighted by Crippen LogP contribution is 2.17. The normalized spacial score (nSPS) is 11.5. The molecule has 0 saturated carbocycles. The number of rotatable bonds is 6. The molecule has 0 radical (unpaired) electrons. The lowest BCUT2D eigenvalue weighted by Crippen LogP contribution is -2.43. The fourth-order valence-electron chi connectivity index (χ4n) is 2.80. The zero-order valence-corrected chi connectivity index (χ0v) is 12.0. The summed E-state index contributed by atoms with van der Waals surface area (Å²) in [6, 6.07) is 21.6. The first-order chi connectivity index (χ1) is 9.22. The van der Waals surface area contributed by atoms with Crippen molar-refractivity contribution in [2.45, 2.75) is 26.4 Å². The molecule has 0 saturated heterocycles. The average molecular weight is 254 g/mol. The maximum absolute atomic E-state index is 2.36. The lowest BCUT2D eigenvalue weighted by Gasteiger charge is -2.34. The average Bonchev–Trinajstić information content (AvgIpc) is 2.41. The van der Waals surface area contributed by atoms with Gasteiger partial charge in [-0.3, -0.25) is 0 Å². The number of benzene rings is 2. The summed E-state index contributed by atoms with van der Waals surface area (Å²) in [4.78, 5) is 0. The van der Waals surface area contributed by atoms with Crippen LogP contribution in [0.4, 0.5) is 0 Å². The van der Waals surface area contributed by atoms with Crippen LogP contribution in [-0.2, 0) is 13.1 Å². The number of nitrogens with zero attached hydrogens (tertiary/aromatic N) is 1. The van der Waals surface area contributed by atoms with Crippen molar-refractivity contribution in [1.82, 2.24) is 0 Å². The molecular weight excluding hydrogens is 230 g/mol. The summed E-state index contributed by atoms with van der Waals surface area (Å²) in [5.74, 6) is 0. The molecule has 0 aliphatic heterocycles. The van der Waals surface area contributed by atoms with Gasteiger partial charge in [-0.05, 0) is 6.42 Å². The first-order valence-corrected chi connectivity index (χ1v) is 7.13. The highest BCUT2D eigenvalue weighted by atomic mass is 15.3. The van der Waals surface area contributed by atoms with Crippen LogP contribution < -0.4 is 0 Å². The Bertz CT molecular complexity index is 434. The minimum Gasteiger partial charge on any atom is -0.319 e. The number of hydrogen-bond donors (Lipinski definition) is 0. The van der Waals surface area contributed by atoms with E-state index in [1.165, 1.54) is 24.1 Å². The molecule has 1 heteroatoms. The molecule has 0 aliphatic rings. The van der Waals surface area contributed by atoms with Crippen LogP contribution in [0.3, 0.4) is 0 Å². The number of hydrogen-bond acceptors (Lipinski definition) is 0. The first-order valence-electron chi connectivity index (χ1n) is 7.13. The largest absolute Gasteiger partial charge is 0.319 e. The highest BCUT2D eigenvalue weighted by molar-refractivity contribution is 5.15. The molecule has 1 nitrogen and oxygen atoms in total. The van der Waals surface area contributed by atoms with E-state index in [0.717, 1.165) is 17.6 Å². The molecular formula is C18H24N+. The Morgan fingerprint density at radius 2 is 1.16 bits per heavy atom. The Hall–Kier alpha value is -1.60. The Labute approximate surface area is 117 Å². The predicted octanol–water partition coefficient (Wildman–Crippen LogP) is 4.24. The summed E-state index contributed by atoms with van der Waals surface area (Å²) >= 11 is 0. The van der Waals surface area contributed by atoms with Gasteiger partial charge in [0, 0.05) is 11.1 Å². The van der Waals surface area contributed by atoms with Crippen molar-refractivity contribution >= 4 is 0 Å². The molecule has 0 bridgehead atoms. The molecule has 0 aliphatic carbocycles. The maximum Gasteiger partial charge on any atom is 0.104 e. The van der Waals surface area contributed by atoms with E-state index < -0.39 is 0 Å². The van der Waals surface area contributed by atoms with Crippen LogP contribution in [0.15, 0.2) is 60.7 Å². The molecule has 0 fully saturated rings. The van der Waals surface area contributed by atoms with Crippen LogP contribution in [0.2, 0.25) is 0 Å². The van der Waals surface area contributed by atoms with Crippen LogP contribution in [0.25, 0.3) is 0 Å². The zero-order chi connectivity index (χ0) is 13.6. The van der Waals surface area contributed by atoms with Gasteiger partial charge in [0.15, 0.2) is 0 Å². The third kappa shape index (κ3) is 4.22. The van der Waals surface area contributed by atoms with Gasteiger partial charge in [0.05, 0.1) is 13.6 Å². The molecule has 0 aromatic heterocycles. The minimum absolute atomic E-state index is 1.07. The Morgan fingerprint density at radius 1 is 0.737 bits per heavy atom. The summed E-state index contributed by atoms with van der Waals surface area (Å²) in [6.07, 6.45) is 1.22. The fraction of sp³-hybridized carbons (Fsp3) is 0.333. The Morgan fingerprint density at radius 3 is 1.53 bits per heavy atom. The second-order valence-corrected chi connectivity index (χ2v) is 5.63. The van der Waals surface area contributed by atoms with Crippen molar-refractivity contribution in [3.63, 3.8) is 0 Å². The van der Waals surface area contributed by atoms with Crippen LogP contribution in [0, 0.1) is 0 Å². The van der Waals surface area contributed by atoms with Gasteiger partial charge in [-0.1, -0.05) is 67.6 Å². The van der Waals surface area contributed by atoms with E-state index in [4.69, 9.17) is 0 Å². The summed E-state index contributed by atoms with van der Waals surface area (Å²) < 4.78 is 1.07. The van der Waals surface area contributed by atoms with Crippen molar-refractivity contribution in [2.75, 3.05) is 13.6 Å². The second-order valence-electron chi connectivity index (χ2n) is 5.63. The summed E-state index contributed by atoms with van der Waals surface area (Å²) in [5.41, 5.74) is 2.85. The predicted molar refractivity (Wildman–Crippen MR) is 81.6 cm³/mol. The van der Waals surface area contributed by atoms with Crippen molar-refractivity contribution in [3.8, 4) is 0 Å². The molecule has 0 amide bonds. The zero-order valence-electron chi connectivity index (χ0n) is 12.0. The summed E-state index contributed by atoms with van der Waals surface area (Å²) in [7, 11) is 2.36. The molecule has 0 unspecified atom stereocenters. The molecule has 2 aromatic carbocycles. The second kappa shape index (κ2) is 6.53. The van der Waals surface area contributed by atoms with Crippen LogP contribution in [0.5, 0.6) is 0 Å². The highest BCUT2D eigenvalue weighted by Gasteiger charge is 2.21. The lowest BCUT2D eigenvalue weighted by molar-refractivity contribution is -0.935. The van der Waals surface area contributed by atoms with E-state index in [-0.39, 0.29) is 0 Å². The van der Waals surface area contributed by atoms with Gasteiger partial charge in [-0.2, -0.15) is 0 Å². The van der Waals surface area contributed by atoms with E-state index in [1.54, 1.807) is 0 Å². The van der Waals surface area contributed by atoms with Crippen LogP contribution in [0.1, 0.15) is 24.5 Å². The number of quaternary nitrogens is 1. The molecule has 2 rings (SSSR count). The van der Waals surface area contributed by atoms with E-state index in [9.17, 15) is 0 Å². The van der Waals surface area contributed by atoms with Gasteiger partial charge < -0.3 is 4.48 Å². The minimum atomic E-state index is 1.07. The van der Waals surface area contributed by atoms with E-state index in [2.05, 4.69) is 74.6 Å². The van der Waals surface area contributed by atoms with Crippen LogP contribution in [-0.4, -0.2) is 18.1 Å². The molecule has 2 aromatic rings. The van der Waals surface area contributed by atoms with E-state index >= 15 is 0 Å². The van der Waals surface area contributed by atoms with Crippen molar-refractivity contribution in [3.05, 3.63) is 71.8 Å². The molecule has 0 atom stereocenters. The third-order valence-electron chi connectivity index (χ3n) is 3.58. The smallest absolute Gasteiger partial charge is 0.104 e. The van der Waals surface area contributed by atoms with Gasteiger partial charge in [0.1, 0.15) is 13.1 Å². The van der Waals surface area contributed by atoms with Crippen LogP contribution >= 0.6 is 0 Å². The fourth-order valence-corrected chi connectivity index (χ4v) is 2.80. The first kappa shape index (κ1) is 13.8. The van der Waals surface area contributed by atoms with Gasteiger partial charge in [-0.25, -0.2) is 0 Å². The summed E-state index contributed by atoms with van der Waals surface area (Å²) in [5, 5.41) is 0. The lowest BCUT2D eigenvalue weighted by atomic mass is 10.1. The molecule has 19 heavy (non-hydrogen) atoms. The standard InChI is InChI=1S/C18H24N/c1-3-14-19(2,15-17-10-6-4-7-11-17)16-18-12-8-5-9-13-18/h4-13H,3,14-16H2,1-2H3/q+1. The van der Waals surface area contributed by atoms with Gasteiger partial charge in [0.2, 0.25) is 0 Å². The van der Waals surface area contributed by atoms with Gasteiger partial charge in [0.25, 0.3) is 0 Å². The Kier molecular flexibility index (Phi) is 4.75. The van der Waals surface area contributed by atoms with Crippen molar-refractivity contribution in [2.24, 2.45) is 0 Å². The van der Waals surface area contributed by atoms with E-state index in [1.807, 2.05) is 0 Å². The molecule has 100 valence electrons. The maximum atomic E-state index is 2.36. The van der Waals surface area contributed by atoms with E-state index in [0.29, 0.717) is 0 Å².